The molecule has 1 aliphatic rings. The number of hydrogen-bond acceptors (Lipinski definition) is 2. The third kappa shape index (κ3) is 3.89. The van der Waals surface area contributed by atoms with Crippen molar-refractivity contribution in [1.82, 2.24) is 0 Å². The highest BCUT2D eigenvalue weighted by Gasteiger charge is 2.40. The molecule has 0 spiro atoms. The molecule has 0 aromatic rings. The lowest BCUT2D eigenvalue weighted by molar-refractivity contribution is -0.139. The maximum atomic E-state index is 11.9. The van der Waals surface area contributed by atoms with Crippen molar-refractivity contribution in [3.05, 3.63) is 10.6 Å². The number of rotatable bonds is 7. The number of halogens is 2. The van der Waals surface area contributed by atoms with Gasteiger partial charge in [-0.25, -0.2) is 4.79 Å². The second-order valence-electron chi connectivity index (χ2n) is 4.77. The van der Waals surface area contributed by atoms with Crippen LogP contribution >= 0.6 is 23.2 Å². The fourth-order valence-corrected chi connectivity index (χ4v) is 3.08. The molecule has 1 saturated heterocycles. The molecule has 0 amide bonds. The van der Waals surface area contributed by atoms with E-state index >= 15 is 0 Å². The van der Waals surface area contributed by atoms with Crippen LogP contribution in [-0.4, -0.2) is 18.0 Å². The Balaban J connectivity index is 2.75. The Morgan fingerprint density at radius 1 is 1.28 bits per heavy atom. The van der Waals surface area contributed by atoms with Crippen LogP contribution in [0.3, 0.4) is 0 Å². The summed E-state index contributed by atoms with van der Waals surface area (Å²) in [6.45, 7) is 4.20. The van der Waals surface area contributed by atoms with Gasteiger partial charge in [0.05, 0.1) is 5.57 Å². The molecule has 0 aromatic carbocycles. The van der Waals surface area contributed by atoms with Gasteiger partial charge in [0.1, 0.15) is 6.10 Å². The van der Waals surface area contributed by atoms with E-state index < -0.39 is 0 Å². The van der Waals surface area contributed by atoms with Crippen molar-refractivity contribution >= 4 is 29.2 Å². The Labute approximate surface area is 120 Å². The average molecular weight is 293 g/mol. The minimum absolute atomic E-state index is 0.0323. The van der Waals surface area contributed by atoms with Gasteiger partial charge in [-0.2, -0.15) is 0 Å². The minimum Gasteiger partial charge on any atom is -0.458 e. The van der Waals surface area contributed by atoms with Gasteiger partial charge < -0.3 is 4.74 Å². The van der Waals surface area contributed by atoms with Gasteiger partial charge in [-0.15, -0.1) is 11.6 Å². The van der Waals surface area contributed by atoms with E-state index in [1.54, 1.807) is 0 Å². The SMILES string of the molecule is CCCCC[C@H]1OC(=O)/C(=C(\Cl)CCC)[C@H]1CCl. The summed E-state index contributed by atoms with van der Waals surface area (Å²) >= 11 is 12.2. The maximum absolute atomic E-state index is 11.9. The minimum atomic E-state index is -0.263. The number of esters is 1. The monoisotopic (exact) mass is 292 g/mol. The predicted octanol–water partition coefficient (Wildman–Crippen LogP) is 4.64. The first-order valence-corrected chi connectivity index (χ1v) is 7.72. The summed E-state index contributed by atoms with van der Waals surface area (Å²) in [5, 5.41) is 0.631. The van der Waals surface area contributed by atoms with Gasteiger partial charge in [-0.1, -0.05) is 44.7 Å². The summed E-state index contributed by atoms with van der Waals surface area (Å²) in [7, 11) is 0. The third-order valence-corrected chi connectivity index (χ3v) is 4.04. The number of alkyl halides is 1. The van der Waals surface area contributed by atoms with E-state index in [4.69, 9.17) is 27.9 Å². The fourth-order valence-electron chi connectivity index (χ4n) is 2.32. The smallest absolute Gasteiger partial charge is 0.335 e. The van der Waals surface area contributed by atoms with E-state index in [0.717, 1.165) is 38.5 Å². The van der Waals surface area contributed by atoms with E-state index in [1.807, 2.05) is 6.92 Å². The van der Waals surface area contributed by atoms with E-state index in [1.165, 1.54) is 0 Å². The van der Waals surface area contributed by atoms with Crippen LogP contribution in [0.5, 0.6) is 0 Å². The van der Waals surface area contributed by atoms with E-state index in [9.17, 15) is 4.79 Å². The molecule has 4 heteroatoms. The van der Waals surface area contributed by atoms with Crippen molar-refractivity contribution in [1.29, 1.82) is 0 Å². The number of allylic oxidation sites excluding steroid dienone is 1. The number of unbranched alkanes of at least 4 members (excludes halogenated alkanes) is 2. The van der Waals surface area contributed by atoms with Crippen LogP contribution in [0.1, 0.15) is 52.4 Å². The zero-order chi connectivity index (χ0) is 13.5. The molecule has 0 saturated carbocycles. The lowest BCUT2D eigenvalue weighted by Gasteiger charge is -2.15. The number of ether oxygens (including phenoxy) is 1. The highest BCUT2D eigenvalue weighted by molar-refractivity contribution is 6.32. The van der Waals surface area contributed by atoms with E-state index in [2.05, 4.69) is 6.92 Å². The summed E-state index contributed by atoms with van der Waals surface area (Å²) in [6, 6.07) is 0. The van der Waals surface area contributed by atoms with Crippen LogP contribution in [-0.2, 0) is 9.53 Å². The second kappa shape index (κ2) is 8.06. The van der Waals surface area contributed by atoms with Gasteiger partial charge in [0.25, 0.3) is 0 Å². The van der Waals surface area contributed by atoms with E-state index in [-0.39, 0.29) is 18.0 Å². The number of carbonyl (C=O) groups excluding carboxylic acids is 1. The molecule has 1 heterocycles. The number of cyclic esters (lactones) is 1. The molecular formula is C14H22Cl2O2. The lowest BCUT2D eigenvalue weighted by Crippen LogP contribution is -2.18. The van der Waals surface area contributed by atoms with Crippen molar-refractivity contribution < 1.29 is 9.53 Å². The van der Waals surface area contributed by atoms with Crippen LogP contribution in [0.2, 0.25) is 0 Å². The van der Waals surface area contributed by atoms with Gasteiger partial charge in [0.15, 0.2) is 0 Å². The van der Waals surface area contributed by atoms with Crippen molar-refractivity contribution in [2.75, 3.05) is 5.88 Å². The van der Waals surface area contributed by atoms with Crippen molar-refractivity contribution in [2.24, 2.45) is 5.92 Å². The molecule has 1 rings (SSSR count). The van der Waals surface area contributed by atoms with Crippen LogP contribution in [0, 0.1) is 5.92 Å². The summed E-state index contributed by atoms with van der Waals surface area (Å²) in [5.41, 5.74) is 0.620. The molecule has 0 unspecified atom stereocenters. The lowest BCUT2D eigenvalue weighted by atomic mass is 9.93. The van der Waals surface area contributed by atoms with Gasteiger partial charge in [-0.3, -0.25) is 0 Å². The third-order valence-electron chi connectivity index (χ3n) is 3.32. The van der Waals surface area contributed by atoms with Gasteiger partial charge in [0.2, 0.25) is 0 Å². The standard InChI is InChI=1S/C14H22Cl2O2/c1-3-5-6-8-12-10(9-15)13(14(17)18-12)11(16)7-4-2/h10,12H,3-9H2,1-2H3/b13-11-/t10-,12+/m0/s1. The maximum Gasteiger partial charge on any atom is 0.335 e. The van der Waals surface area contributed by atoms with Gasteiger partial charge >= 0.3 is 5.97 Å². The van der Waals surface area contributed by atoms with Gasteiger partial charge in [-0.05, 0) is 19.3 Å². The first-order chi connectivity index (χ1) is 8.65. The Kier molecular flexibility index (Phi) is 7.10. The summed E-state index contributed by atoms with van der Waals surface area (Å²) in [4.78, 5) is 11.9. The van der Waals surface area contributed by atoms with Gasteiger partial charge in [0, 0.05) is 16.8 Å². The molecule has 2 atom stereocenters. The molecule has 0 aromatic heterocycles. The second-order valence-corrected chi connectivity index (χ2v) is 5.53. The quantitative estimate of drug-likeness (QED) is 0.296. The first kappa shape index (κ1) is 15.8. The van der Waals surface area contributed by atoms with Crippen LogP contribution in [0.25, 0.3) is 0 Å². The topological polar surface area (TPSA) is 26.3 Å². The fraction of sp³-hybridized carbons (Fsp3) is 0.786. The van der Waals surface area contributed by atoms with Crippen molar-refractivity contribution in [3.63, 3.8) is 0 Å². The summed E-state index contributed by atoms with van der Waals surface area (Å²) in [5.74, 6) is 0.105. The largest absolute Gasteiger partial charge is 0.458 e. The number of carbonyl (C=O) groups is 1. The van der Waals surface area contributed by atoms with Crippen molar-refractivity contribution in [3.8, 4) is 0 Å². The molecule has 2 nitrogen and oxygen atoms in total. The highest BCUT2D eigenvalue weighted by Crippen LogP contribution is 2.36. The predicted molar refractivity (Wildman–Crippen MR) is 76.0 cm³/mol. The number of hydrogen-bond donors (Lipinski definition) is 0. The van der Waals surface area contributed by atoms with Crippen LogP contribution in [0.4, 0.5) is 0 Å². The van der Waals surface area contributed by atoms with Crippen molar-refractivity contribution in [2.45, 2.75) is 58.5 Å². The molecular weight excluding hydrogens is 271 g/mol. The van der Waals surface area contributed by atoms with Crippen LogP contribution < -0.4 is 0 Å². The molecule has 104 valence electrons. The van der Waals surface area contributed by atoms with E-state index in [0.29, 0.717) is 16.5 Å². The molecule has 1 fully saturated rings. The Hall–Kier alpha value is -0.210. The first-order valence-electron chi connectivity index (χ1n) is 6.81. The molecule has 0 N–H and O–H groups in total. The normalized spacial score (nSPS) is 26.3. The summed E-state index contributed by atoms with van der Waals surface area (Å²) in [6.07, 6.45) is 5.84. The molecule has 0 bridgehead atoms. The zero-order valence-corrected chi connectivity index (χ0v) is 12.7. The zero-order valence-electron chi connectivity index (χ0n) is 11.2. The summed E-state index contributed by atoms with van der Waals surface area (Å²) < 4.78 is 5.43. The Morgan fingerprint density at radius 3 is 2.56 bits per heavy atom. The van der Waals surface area contributed by atoms with Crippen LogP contribution in [0.15, 0.2) is 10.6 Å². The molecule has 1 aliphatic heterocycles. The average Bonchev–Trinajstić information content (AvgIpc) is 2.66. The molecule has 18 heavy (non-hydrogen) atoms. The highest BCUT2D eigenvalue weighted by atomic mass is 35.5. The Bertz CT molecular complexity index is 313. The Morgan fingerprint density at radius 2 is 2.00 bits per heavy atom. The molecule has 0 radical (unpaired) electrons. The molecule has 0 aliphatic carbocycles.